The number of alkyl halides is 1. The molecule has 23 heavy (non-hydrogen) atoms. The topological polar surface area (TPSA) is 46.6 Å². The van der Waals surface area contributed by atoms with Crippen LogP contribution in [0.3, 0.4) is 0 Å². The highest BCUT2D eigenvalue weighted by Crippen LogP contribution is 2.36. The van der Waals surface area contributed by atoms with Gasteiger partial charge >= 0.3 is 6.09 Å². The SMILES string of the molecule is CN(C(=O)OCc1ccccc1)C1(CC(=O)CBr)CCCCC1. The minimum Gasteiger partial charge on any atom is -0.445 e. The Labute approximate surface area is 146 Å². The predicted molar refractivity (Wildman–Crippen MR) is 93.6 cm³/mol. The second kappa shape index (κ2) is 8.48. The number of halogens is 1. The first kappa shape index (κ1) is 18.0. The van der Waals surface area contributed by atoms with Gasteiger partial charge in [0.1, 0.15) is 12.4 Å². The van der Waals surface area contributed by atoms with Gasteiger partial charge in [-0.3, -0.25) is 4.79 Å². The molecule has 1 aliphatic carbocycles. The van der Waals surface area contributed by atoms with Crippen molar-refractivity contribution in [2.24, 2.45) is 0 Å². The molecule has 0 unspecified atom stereocenters. The van der Waals surface area contributed by atoms with Crippen molar-refractivity contribution in [2.75, 3.05) is 12.4 Å². The van der Waals surface area contributed by atoms with Crippen LogP contribution >= 0.6 is 15.9 Å². The first-order valence-corrected chi connectivity index (χ1v) is 9.22. The minimum absolute atomic E-state index is 0.134. The van der Waals surface area contributed by atoms with E-state index in [1.54, 1.807) is 11.9 Å². The van der Waals surface area contributed by atoms with Gasteiger partial charge < -0.3 is 9.64 Å². The van der Waals surface area contributed by atoms with E-state index in [1.807, 2.05) is 30.3 Å². The molecule has 0 saturated heterocycles. The highest BCUT2D eigenvalue weighted by atomic mass is 79.9. The number of ketones is 1. The Morgan fingerprint density at radius 3 is 2.43 bits per heavy atom. The van der Waals surface area contributed by atoms with Crippen LogP contribution in [0.25, 0.3) is 0 Å². The lowest BCUT2D eigenvalue weighted by Crippen LogP contribution is -2.52. The largest absolute Gasteiger partial charge is 0.445 e. The Balaban J connectivity index is 2.02. The maximum Gasteiger partial charge on any atom is 0.410 e. The summed E-state index contributed by atoms with van der Waals surface area (Å²) in [6.45, 7) is 0.256. The van der Waals surface area contributed by atoms with Gasteiger partial charge in [0.25, 0.3) is 0 Å². The zero-order valence-electron chi connectivity index (χ0n) is 13.6. The molecule has 1 amide bonds. The summed E-state index contributed by atoms with van der Waals surface area (Å²) < 4.78 is 5.45. The van der Waals surface area contributed by atoms with Crippen LogP contribution in [0, 0.1) is 0 Å². The smallest absolute Gasteiger partial charge is 0.410 e. The van der Waals surface area contributed by atoms with Gasteiger partial charge in [0.15, 0.2) is 0 Å². The molecule has 0 aliphatic heterocycles. The van der Waals surface area contributed by atoms with Crippen LogP contribution in [0.5, 0.6) is 0 Å². The average Bonchev–Trinajstić information content (AvgIpc) is 2.60. The Bertz CT molecular complexity index is 526. The third kappa shape index (κ3) is 4.80. The average molecular weight is 382 g/mol. The van der Waals surface area contributed by atoms with Crippen molar-refractivity contribution in [3.63, 3.8) is 0 Å². The van der Waals surface area contributed by atoms with Crippen LogP contribution in [-0.2, 0) is 16.1 Å². The second-order valence-electron chi connectivity index (χ2n) is 6.23. The number of hydrogen-bond acceptors (Lipinski definition) is 3. The van der Waals surface area contributed by atoms with E-state index in [9.17, 15) is 9.59 Å². The number of hydrogen-bond donors (Lipinski definition) is 0. The lowest BCUT2D eigenvalue weighted by molar-refractivity contribution is -0.119. The number of amides is 1. The number of carbonyl (C=O) groups excluding carboxylic acids is 2. The van der Waals surface area contributed by atoms with Crippen molar-refractivity contribution in [3.05, 3.63) is 35.9 Å². The third-order valence-corrected chi connectivity index (χ3v) is 5.28. The number of carbonyl (C=O) groups is 2. The van der Waals surface area contributed by atoms with Gasteiger partial charge in [-0.25, -0.2) is 4.79 Å². The molecule has 4 nitrogen and oxygen atoms in total. The van der Waals surface area contributed by atoms with E-state index in [4.69, 9.17) is 4.74 Å². The summed E-state index contributed by atoms with van der Waals surface area (Å²) in [5.74, 6) is 0.134. The van der Waals surface area contributed by atoms with Crippen LogP contribution < -0.4 is 0 Å². The van der Waals surface area contributed by atoms with Crippen molar-refractivity contribution in [1.82, 2.24) is 4.90 Å². The molecule has 1 saturated carbocycles. The van der Waals surface area contributed by atoms with Gasteiger partial charge in [-0.2, -0.15) is 0 Å². The van der Waals surface area contributed by atoms with E-state index in [-0.39, 0.29) is 18.5 Å². The Morgan fingerprint density at radius 1 is 1.17 bits per heavy atom. The molecule has 1 aliphatic rings. The Hall–Kier alpha value is -1.36. The molecule has 2 rings (SSSR count). The molecular formula is C18H24BrNO3. The van der Waals surface area contributed by atoms with Crippen molar-refractivity contribution < 1.29 is 14.3 Å². The fourth-order valence-electron chi connectivity index (χ4n) is 3.26. The highest BCUT2D eigenvalue weighted by molar-refractivity contribution is 9.09. The third-order valence-electron chi connectivity index (χ3n) is 4.65. The summed E-state index contributed by atoms with van der Waals surface area (Å²) >= 11 is 3.23. The molecule has 0 radical (unpaired) electrons. The molecule has 1 aromatic rings. The molecule has 0 aromatic heterocycles. The summed E-state index contributed by atoms with van der Waals surface area (Å²) in [6, 6.07) is 9.63. The first-order valence-electron chi connectivity index (χ1n) is 8.09. The number of benzene rings is 1. The van der Waals surface area contributed by atoms with E-state index in [0.717, 1.165) is 37.7 Å². The van der Waals surface area contributed by atoms with Gasteiger partial charge in [-0.1, -0.05) is 65.5 Å². The molecule has 126 valence electrons. The fraction of sp³-hybridized carbons (Fsp3) is 0.556. The highest BCUT2D eigenvalue weighted by Gasteiger charge is 2.40. The first-order chi connectivity index (χ1) is 11.1. The summed E-state index contributed by atoms with van der Waals surface area (Å²) in [4.78, 5) is 26.1. The van der Waals surface area contributed by atoms with E-state index in [0.29, 0.717) is 11.8 Å². The van der Waals surface area contributed by atoms with Crippen LogP contribution in [0.15, 0.2) is 30.3 Å². The van der Waals surface area contributed by atoms with E-state index >= 15 is 0 Å². The normalized spacial score (nSPS) is 16.6. The van der Waals surface area contributed by atoms with Crippen molar-refractivity contribution >= 4 is 27.8 Å². The molecular weight excluding hydrogens is 358 g/mol. The number of rotatable bonds is 6. The van der Waals surface area contributed by atoms with Gasteiger partial charge in [-0.15, -0.1) is 0 Å². The van der Waals surface area contributed by atoms with Crippen LogP contribution in [0.1, 0.15) is 44.1 Å². The molecule has 0 heterocycles. The predicted octanol–water partition coefficient (Wildman–Crippen LogP) is 4.31. The van der Waals surface area contributed by atoms with E-state index < -0.39 is 5.54 Å². The molecule has 0 N–H and O–H groups in total. The lowest BCUT2D eigenvalue weighted by atomic mass is 9.77. The fourth-order valence-corrected chi connectivity index (χ4v) is 3.46. The van der Waals surface area contributed by atoms with E-state index in [1.165, 1.54) is 0 Å². The molecule has 0 spiro atoms. The monoisotopic (exact) mass is 381 g/mol. The number of Topliss-reactive ketones (excluding diaryl/α,β-unsaturated/α-hetero) is 1. The van der Waals surface area contributed by atoms with Crippen LogP contribution in [0.2, 0.25) is 0 Å². The quantitative estimate of drug-likeness (QED) is 0.689. The molecule has 5 heteroatoms. The summed E-state index contributed by atoms with van der Waals surface area (Å²) in [5, 5.41) is 0.335. The second-order valence-corrected chi connectivity index (χ2v) is 6.79. The van der Waals surface area contributed by atoms with E-state index in [2.05, 4.69) is 15.9 Å². The Kier molecular flexibility index (Phi) is 6.63. The summed E-state index contributed by atoms with van der Waals surface area (Å²) in [5.41, 5.74) is 0.570. The van der Waals surface area contributed by atoms with Gasteiger partial charge in [0.2, 0.25) is 0 Å². The van der Waals surface area contributed by atoms with Gasteiger partial charge in [0.05, 0.1) is 10.9 Å². The maximum absolute atomic E-state index is 12.5. The van der Waals surface area contributed by atoms with Crippen molar-refractivity contribution in [3.8, 4) is 0 Å². The molecule has 1 fully saturated rings. The van der Waals surface area contributed by atoms with Crippen LogP contribution in [0.4, 0.5) is 4.79 Å². The molecule has 1 aromatic carbocycles. The maximum atomic E-state index is 12.5. The van der Waals surface area contributed by atoms with Crippen LogP contribution in [-0.4, -0.2) is 34.7 Å². The van der Waals surface area contributed by atoms with Crippen molar-refractivity contribution in [1.29, 1.82) is 0 Å². The van der Waals surface area contributed by atoms with Gasteiger partial charge in [-0.05, 0) is 18.4 Å². The number of nitrogens with zero attached hydrogens (tertiary/aromatic N) is 1. The summed E-state index contributed by atoms with van der Waals surface area (Å²) in [6.07, 6.45) is 5.04. The zero-order valence-corrected chi connectivity index (χ0v) is 15.2. The summed E-state index contributed by atoms with van der Waals surface area (Å²) in [7, 11) is 1.76. The Morgan fingerprint density at radius 2 is 1.83 bits per heavy atom. The minimum atomic E-state index is -0.392. The molecule has 0 bridgehead atoms. The van der Waals surface area contributed by atoms with Gasteiger partial charge in [0, 0.05) is 13.5 Å². The lowest BCUT2D eigenvalue weighted by Gasteiger charge is -2.43. The van der Waals surface area contributed by atoms with Crippen molar-refractivity contribution in [2.45, 2.75) is 50.7 Å². The molecule has 0 atom stereocenters. The standard InChI is InChI=1S/C18H24BrNO3/c1-20(17(22)23-14-15-8-4-2-5-9-15)18(12-16(21)13-19)10-6-3-7-11-18/h2,4-5,8-9H,3,6-7,10-14H2,1H3. The zero-order chi connectivity index (χ0) is 16.7. The number of ether oxygens (including phenoxy) is 1.